The van der Waals surface area contributed by atoms with Crippen LogP contribution in [0.25, 0.3) is 0 Å². The molecule has 116 valence electrons. The van der Waals surface area contributed by atoms with Crippen molar-refractivity contribution in [3.05, 3.63) is 29.8 Å². The van der Waals surface area contributed by atoms with Gasteiger partial charge in [-0.15, -0.1) is 0 Å². The first-order valence-electron chi connectivity index (χ1n) is 8.00. The molecule has 1 aromatic carbocycles. The van der Waals surface area contributed by atoms with Gasteiger partial charge in [-0.2, -0.15) is 0 Å². The van der Waals surface area contributed by atoms with E-state index in [4.69, 9.17) is 10.5 Å². The Morgan fingerprint density at radius 3 is 2.57 bits per heavy atom. The van der Waals surface area contributed by atoms with Gasteiger partial charge in [0.05, 0.1) is 6.61 Å². The summed E-state index contributed by atoms with van der Waals surface area (Å²) < 4.78 is 5.69. The second kappa shape index (κ2) is 8.55. The first-order valence-corrected chi connectivity index (χ1v) is 8.00. The second-order valence-electron chi connectivity index (χ2n) is 5.66. The summed E-state index contributed by atoms with van der Waals surface area (Å²) in [6.07, 6.45) is 5.81. The van der Waals surface area contributed by atoms with Gasteiger partial charge < -0.3 is 15.4 Å². The fourth-order valence-corrected chi connectivity index (χ4v) is 2.45. The third-order valence-electron chi connectivity index (χ3n) is 3.80. The maximum absolute atomic E-state index is 6.01. The average Bonchev–Trinajstić information content (AvgIpc) is 2.53. The van der Waals surface area contributed by atoms with Gasteiger partial charge in [0.25, 0.3) is 0 Å². The number of guanidine groups is 1. The fraction of sp³-hybridized carbons (Fsp3) is 0.588. The van der Waals surface area contributed by atoms with Crippen LogP contribution in [-0.4, -0.2) is 37.1 Å². The van der Waals surface area contributed by atoms with E-state index in [0.717, 1.165) is 44.8 Å². The molecule has 4 nitrogen and oxygen atoms in total. The Bertz CT molecular complexity index is 436. The summed E-state index contributed by atoms with van der Waals surface area (Å²) in [6.45, 7) is 5.73. The van der Waals surface area contributed by atoms with Crippen LogP contribution in [0.5, 0.6) is 5.75 Å². The minimum Gasteiger partial charge on any atom is -0.494 e. The summed E-state index contributed by atoms with van der Waals surface area (Å²) in [5.74, 6) is 1.66. The van der Waals surface area contributed by atoms with Gasteiger partial charge in [0.15, 0.2) is 5.96 Å². The number of unbranched alkanes of at least 4 members (excludes halogenated alkanes) is 1. The van der Waals surface area contributed by atoms with Crippen LogP contribution in [0.4, 0.5) is 0 Å². The minimum atomic E-state index is 0.717. The second-order valence-corrected chi connectivity index (χ2v) is 5.66. The van der Waals surface area contributed by atoms with Gasteiger partial charge in [0.1, 0.15) is 5.75 Å². The number of piperidine rings is 1. The number of likely N-dealkylation sites (tertiary alicyclic amines) is 1. The zero-order valence-electron chi connectivity index (χ0n) is 13.1. The van der Waals surface area contributed by atoms with Crippen LogP contribution < -0.4 is 10.5 Å². The van der Waals surface area contributed by atoms with Crippen LogP contribution >= 0.6 is 0 Å². The molecule has 0 unspecified atom stereocenters. The van der Waals surface area contributed by atoms with Crippen molar-refractivity contribution in [2.24, 2.45) is 10.7 Å². The number of ether oxygens (including phenoxy) is 1. The van der Waals surface area contributed by atoms with E-state index in [1.807, 2.05) is 12.1 Å². The van der Waals surface area contributed by atoms with E-state index in [1.165, 1.54) is 24.8 Å². The molecule has 0 atom stereocenters. The van der Waals surface area contributed by atoms with Crippen molar-refractivity contribution in [1.82, 2.24) is 4.90 Å². The zero-order chi connectivity index (χ0) is 14.9. The third-order valence-corrected chi connectivity index (χ3v) is 3.80. The van der Waals surface area contributed by atoms with Gasteiger partial charge in [-0.1, -0.05) is 17.7 Å². The number of benzene rings is 1. The molecule has 0 bridgehead atoms. The largest absolute Gasteiger partial charge is 0.494 e. The molecule has 1 fully saturated rings. The van der Waals surface area contributed by atoms with Gasteiger partial charge in [0, 0.05) is 19.6 Å². The number of aliphatic imine (C=N–C) groups is 1. The van der Waals surface area contributed by atoms with Gasteiger partial charge in [-0.05, 0) is 51.2 Å². The summed E-state index contributed by atoms with van der Waals surface area (Å²) in [6, 6.07) is 8.17. The number of nitrogens with zero attached hydrogens (tertiary/aromatic N) is 2. The van der Waals surface area contributed by atoms with Crippen LogP contribution in [-0.2, 0) is 0 Å². The Balaban J connectivity index is 1.57. The van der Waals surface area contributed by atoms with Crippen LogP contribution in [0.15, 0.2) is 29.3 Å². The number of aryl methyl sites for hydroxylation is 1. The first-order chi connectivity index (χ1) is 10.3. The minimum absolute atomic E-state index is 0.717. The summed E-state index contributed by atoms with van der Waals surface area (Å²) >= 11 is 0. The molecule has 4 heteroatoms. The van der Waals surface area contributed by atoms with Crippen LogP contribution in [0, 0.1) is 6.92 Å². The molecule has 0 aromatic heterocycles. The molecular formula is C17H27N3O. The molecule has 0 amide bonds. The molecule has 2 rings (SSSR count). The maximum atomic E-state index is 6.01. The van der Waals surface area contributed by atoms with Crippen molar-refractivity contribution in [2.45, 2.75) is 39.0 Å². The molecule has 2 N–H and O–H groups in total. The summed E-state index contributed by atoms with van der Waals surface area (Å²) in [5, 5.41) is 0. The smallest absolute Gasteiger partial charge is 0.191 e. The molecule has 0 aliphatic carbocycles. The van der Waals surface area contributed by atoms with Gasteiger partial charge in [-0.25, -0.2) is 0 Å². The van der Waals surface area contributed by atoms with Crippen molar-refractivity contribution in [3.8, 4) is 5.75 Å². The predicted octanol–water partition coefficient (Wildman–Crippen LogP) is 2.95. The van der Waals surface area contributed by atoms with Crippen molar-refractivity contribution < 1.29 is 4.74 Å². The number of hydrogen-bond acceptors (Lipinski definition) is 2. The number of hydrogen-bond donors (Lipinski definition) is 1. The Morgan fingerprint density at radius 1 is 1.14 bits per heavy atom. The standard InChI is InChI=1S/C17H27N3O/c1-15-7-9-16(10-8-15)21-14-6-3-11-19-17(18)20-12-4-2-5-13-20/h7-10H,2-6,11-14H2,1H3,(H2,18,19). The quantitative estimate of drug-likeness (QED) is 0.497. The van der Waals surface area contributed by atoms with Gasteiger partial charge >= 0.3 is 0 Å². The molecule has 1 aliphatic rings. The summed E-state index contributed by atoms with van der Waals surface area (Å²) in [4.78, 5) is 6.67. The summed E-state index contributed by atoms with van der Waals surface area (Å²) in [5.41, 5.74) is 7.27. The molecule has 21 heavy (non-hydrogen) atoms. The first kappa shape index (κ1) is 15.7. The highest BCUT2D eigenvalue weighted by molar-refractivity contribution is 5.78. The zero-order valence-corrected chi connectivity index (χ0v) is 13.1. The SMILES string of the molecule is Cc1ccc(OCCCCN=C(N)N2CCCCC2)cc1. The topological polar surface area (TPSA) is 50.9 Å². The van der Waals surface area contributed by atoms with Crippen LogP contribution in [0.1, 0.15) is 37.7 Å². The highest BCUT2D eigenvalue weighted by Crippen LogP contribution is 2.12. The average molecular weight is 289 g/mol. The van der Waals surface area contributed by atoms with Crippen LogP contribution in [0.2, 0.25) is 0 Å². The van der Waals surface area contributed by atoms with E-state index in [9.17, 15) is 0 Å². The lowest BCUT2D eigenvalue weighted by Crippen LogP contribution is -2.40. The van der Waals surface area contributed by atoms with E-state index >= 15 is 0 Å². The molecule has 1 saturated heterocycles. The predicted molar refractivity (Wildman–Crippen MR) is 87.8 cm³/mol. The molecule has 1 aromatic rings. The van der Waals surface area contributed by atoms with Crippen LogP contribution in [0.3, 0.4) is 0 Å². The molecule has 0 saturated carbocycles. The lowest BCUT2D eigenvalue weighted by Gasteiger charge is -2.27. The molecular weight excluding hydrogens is 262 g/mol. The van der Waals surface area contributed by atoms with E-state index < -0.39 is 0 Å². The van der Waals surface area contributed by atoms with E-state index in [-0.39, 0.29) is 0 Å². The Morgan fingerprint density at radius 2 is 1.86 bits per heavy atom. The highest BCUT2D eigenvalue weighted by Gasteiger charge is 2.11. The van der Waals surface area contributed by atoms with E-state index in [2.05, 4.69) is 28.9 Å². The van der Waals surface area contributed by atoms with Crippen molar-refractivity contribution >= 4 is 5.96 Å². The Kier molecular flexibility index (Phi) is 6.38. The third kappa shape index (κ3) is 5.66. The lowest BCUT2D eigenvalue weighted by molar-refractivity contribution is 0.307. The molecule has 1 heterocycles. The van der Waals surface area contributed by atoms with Crippen molar-refractivity contribution in [3.63, 3.8) is 0 Å². The molecule has 0 radical (unpaired) electrons. The van der Waals surface area contributed by atoms with E-state index in [0.29, 0.717) is 5.96 Å². The normalized spacial score (nSPS) is 16.0. The highest BCUT2D eigenvalue weighted by atomic mass is 16.5. The van der Waals surface area contributed by atoms with Crippen molar-refractivity contribution in [1.29, 1.82) is 0 Å². The Labute approximate surface area is 128 Å². The van der Waals surface area contributed by atoms with Gasteiger partial charge in [0.2, 0.25) is 0 Å². The van der Waals surface area contributed by atoms with E-state index in [1.54, 1.807) is 0 Å². The molecule has 1 aliphatic heterocycles. The summed E-state index contributed by atoms with van der Waals surface area (Å²) in [7, 11) is 0. The van der Waals surface area contributed by atoms with Gasteiger partial charge in [-0.3, -0.25) is 4.99 Å². The van der Waals surface area contributed by atoms with Crippen molar-refractivity contribution in [2.75, 3.05) is 26.2 Å². The molecule has 0 spiro atoms. The maximum Gasteiger partial charge on any atom is 0.191 e. The Hall–Kier alpha value is -1.71. The lowest BCUT2D eigenvalue weighted by atomic mass is 10.1. The fourth-order valence-electron chi connectivity index (χ4n) is 2.45. The number of nitrogens with two attached hydrogens (primary N) is 1. The number of rotatable bonds is 6. The monoisotopic (exact) mass is 289 g/mol.